The highest BCUT2D eigenvalue weighted by Gasteiger charge is 2.19. The normalized spacial score (nSPS) is 12.4. The summed E-state index contributed by atoms with van der Waals surface area (Å²) in [6.07, 6.45) is 0. The summed E-state index contributed by atoms with van der Waals surface area (Å²) in [4.78, 5) is 0. The van der Waals surface area contributed by atoms with E-state index in [9.17, 15) is 0 Å². The van der Waals surface area contributed by atoms with Crippen molar-refractivity contribution in [2.75, 3.05) is 0 Å². The predicted octanol–water partition coefficient (Wildman–Crippen LogP) is 8.15. The molecule has 3 heterocycles. The number of aromatic nitrogens is 2. The molecule has 0 saturated heterocycles. The van der Waals surface area contributed by atoms with Crippen LogP contribution in [0.15, 0.2) is 103 Å². The third kappa shape index (κ3) is 2.08. The van der Waals surface area contributed by atoms with Gasteiger partial charge in [-0.05, 0) is 35.4 Å². The molecule has 8 aromatic rings. The number of hydrogen-bond acceptors (Lipinski definition) is 0. The zero-order valence-electron chi connectivity index (χ0n) is 18.2. The van der Waals surface area contributed by atoms with Crippen molar-refractivity contribution in [1.29, 1.82) is 0 Å². The van der Waals surface area contributed by atoms with Gasteiger partial charge < -0.3 is 8.97 Å². The van der Waals surface area contributed by atoms with Crippen molar-refractivity contribution >= 4 is 59.9 Å². The summed E-state index contributed by atoms with van der Waals surface area (Å²) < 4.78 is 4.81. The number of para-hydroxylation sites is 2. The van der Waals surface area contributed by atoms with Crippen LogP contribution in [-0.2, 0) is 7.05 Å². The minimum Gasteiger partial charge on any atom is -0.344 e. The van der Waals surface area contributed by atoms with E-state index in [-0.39, 0.29) is 0 Å². The van der Waals surface area contributed by atoms with Gasteiger partial charge in [-0.1, -0.05) is 78.9 Å². The average Bonchev–Trinajstić information content (AvgIpc) is 3.48. The first-order valence-electron chi connectivity index (χ1n) is 11.4. The Labute approximate surface area is 190 Å². The summed E-state index contributed by atoms with van der Waals surface area (Å²) in [6.45, 7) is 0. The smallest absolute Gasteiger partial charge is 0.0620 e. The van der Waals surface area contributed by atoms with Crippen LogP contribution in [0.3, 0.4) is 0 Å². The monoisotopic (exact) mass is 420 g/mol. The third-order valence-corrected chi connectivity index (χ3v) is 7.46. The molecule has 0 spiro atoms. The lowest BCUT2D eigenvalue weighted by Crippen LogP contribution is -1.87. The Bertz CT molecular complexity index is 2020. The Morgan fingerprint density at radius 3 is 1.97 bits per heavy atom. The SMILES string of the molecule is Cn1c2ccccc2c2cc3c4cccc5c6ccc(-c7ccccc7)cc6n(c3cc21)c54. The molecule has 0 fully saturated rings. The van der Waals surface area contributed by atoms with Crippen LogP contribution in [0.4, 0.5) is 0 Å². The first-order chi connectivity index (χ1) is 16.3. The van der Waals surface area contributed by atoms with Gasteiger partial charge in [-0.2, -0.15) is 0 Å². The highest BCUT2D eigenvalue weighted by atomic mass is 15.0. The van der Waals surface area contributed by atoms with E-state index in [2.05, 4.69) is 119 Å². The van der Waals surface area contributed by atoms with Gasteiger partial charge in [0.15, 0.2) is 0 Å². The van der Waals surface area contributed by atoms with Crippen LogP contribution >= 0.6 is 0 Å². The van der Waals surface area contributed by atoms with E-state index in [1.54, 1.807) is 0 Å². The number of rotatable bonds is 1. The van der Waals surface area contributed by atoms with Crippen molar-refractivity contribution in [1.82, 2.24) is 8.97 Å². The highest BCUT2D eigenvalue weighted by Crippen LogP contribution is 2.42. The summed E-state index contributed by atoms with van der Waals surface area (Å²) in [6, 6.07) is 37.8. The van der Waals surface area contributed by atoms with Gasteiger partial charge in [-0.3, -0.25) is 0 Å². The number of nitrogens with zero attached hydrogens (tertiary/aromatic N) is 2. The summed E-state index contributed by atoms with van der Waals surface area (Å²) in [5, 5.41) is 7.93. The third-order valence-electron chi connectivity index (χ3n) is 7.46. The maximum Gasteiger partial charge on any atom is 0.0620 e. The van der Waals surface area contributed by atoms with E-state index < -0.39 is 0 Å². The molecule has 0 atom stereocenters. The van der Waals surface area contributed by atoms with Gasteiger partial charge in [-0.25, -0.2) is 0 Å². The van der Waals surface area contributed by atoms with Crippen LogP contribution in [0.5, 0.6) is 0 Å². The van der Waals surface area contributed by atoms with Gasteiger partial charge in [-0.15, -0.1) is 0 Å². The molecule has 0 saturated carbocycles. The van der Waals surface area contributed by atoms with E-state index in [0.717, 1.165) is 0 Å². The average molecular weight is 421 g/mol. The Balaban J connectivity index is 1.59. The molecule has 0 aliphatic rings. The molecule has 5 aromatic carbocycles. The zero-order chi connectivity index (χ0) is 21.7. The molecule has 0 bridgehead atoms. The van der Waals surface area contributed by atoms with Gasteiger partial charge in [0, 0.05) is 44.9 Å². The van der Waals surface area contributed by atoms with Crippen molar-refractivity contribution < 1.29 is 0 Å². The summed E-state index contributed by atoms with van der Waals surface area (Å²) in [7, 11) is 2.18. The van der Waals surface area contributed by atoms with Crippen molar-refractivity contribution in [2.45, 2.75) is 0 Å². The fraction of sp³-hybridized carbons (Fsp3) is 0.0323. The minimum absolute atomic E-state index is 1.25. The van der Waals surface area contributed by atoms with Crippen molar-refractivity contribution in [2.24, 2.45) is 7.05 Å². The Morgan fingerprint density at radius 2 is 1.09 bits per heavy atom. The maximum absolute atomic E-state index is 2.48. The lowest BCUT2D eigenvalue weighted by molar-refractivity contribution is 1.01. The molecule has 0 N–H and O–H groups in total. The van der Waals surface area contributed by atoms with Crippen LogP contribution in [0.2, 0.25) is 0 Å². The topological polar surface area (TPSA) is 9.34 Å². The molecule has 3 aromatic heterocycles. The summed E-state index contributed by atoms with van der Waals surface area (Å²) in [5.41, 5.74) is 8.93. The first kappa shape index (κ1) is 17.3. The Hall–Kier alpha value is -4.30. The molecule has 0 aliphatic heterocycles. The van der Waals surface area contributed by atoms with Gasteiger partial charge >= 0.3 is 0 Å². The van der Waals surface area contributed by atoms with E-state index in [4.69, 9.17) is 0 Å². The summed E-state index contributed by atoms with van der Waals surface area (Å²) >= 11 is 0. The zero-order valence-corrected chi connectivity index (χ0v) is 18.2. The quantitative estimate of drug-likeness (QED) is 0.253. The van der Waals surface area contributed by atoms with Crippen molar-refractivity contribution in [3.05, 3.63) is 103 Å². The van der Waals surface area contributed by atoms with Crippen LogP contribution in [0.25, 0.3) is 71.0 Å². The number of hydrogen-bond donors (Lipinski definition) is 0. The molecule has 8 rings (SSSR count). The molecule has 154 valence electrons. The number of benzene rings is 5. The first-order valence-corrected chi connectivity index (χ1v) is 11.4. The Morgan fingerprint density at radius 1 is 0.424 bits per heavy atom. The van der Waals surface area contributed by atoms with E-state index >= 15 is 0 Å². The molecule has 0 amide bonds. The maximum atomic E-state index is 2.48. The lowest BCUT2D eigenvalue weighted by atomic mass is 10.0. The van der Waals surface area contributed by atoms with Crippen LogP contribution in [0.1, 0.15) is 0 Å². The largest absolute Gasteiger partial charge is 0.344 e. The standard InChI is InChI=1S/C31H20N2/c1-32-27-13-6-5-10-21(27)25-17-26-24-12-7-11-23-22-15-14-20(19-8-3-2-4-9-19)16-29(22)33(31(23)24)30(26)18-28(25)32/h2-18H,1H3. The molecule has 0 unspecified atom stereocenters. The minimum atomic E-state index is 1.25. The summed E-state index contributed by atoms with van der Waals surface area (Å²) in [5.74, 6) is 0. The van der Waals surface area contributed by atoms with Gasteiger partial charge in [0.25, 0.3) is 0 Å². The molecular weight excluding hydrogens is 400 g/mol. The second-order valence-electron chi connectivity index (χ2n) is 9.10. The second-order valence-corrected chi connectivity index (χ2v) is 9.10. The molecule has 0 radical (unpaired) electrons. The van der Waals surface area contributed by atoms with E-state index in [1.165, 1.54) is 71.0 Å². The highest BCUT2D eigenvalue weighted by molar-refractivity contribution is 6.26. The lowest BCUT2D eigenvalue weighted by Gasteiger charge is -2.04. The fourth-order valence-electron chi connectivity index (χ4n) is 5.94. The van der Waals surface area contributed by atoms with Gasteiger partial charge in [0.2, 0.25) is 0 Å². The number of fused-ring (bicyclic) bond motifs is 9. The van der Waals surface area contributed by atoms with Gasteiger partial charge in [0.05, 0.1) is 22.1 Å². The van der Waals surface area contributed by atoms with Crippen molar-refractivity contribution in [3.63, 3.8) is 0 Å². The predicted molar refractivity (Wildman–Crippen MR) is 141 cm³/mol. The molecule has 2 heteroatoms. The Kier molecular flexibility index (Phi) is 3.11. The number of aryl methyl sites for hydroxylation is 1. The van der Waals surface area contributed by atoms with Crippen LogP contribution in [-0.4, -0.2) is 8.97 Å². The van der Waals surface area contributed by atoms with Crippen LogP contribution < -0.4 is 0 Å². The molecule has 0 aliphatic carbocycles. The fourth-order valence-corrected chi connectivity index (χ4v) is 5.94. The molecule has 2 nitrogen and oxygen atoms in total. The second kappa shape index (κ2) is 5.93. The van der Waals surface area contributed by atoms with E-state index in [1.807, 2.05) is 0 Å². The van der Waals surface area contributed by atoms with E-state index in [0.29, 0.717) is 0 Å². The van der Waals surface area contributed by atoms with Crippen LogP contribution in [0, 0.1) is 0 Å². The van der Waals surface area contributed by atoms with Crippen molar-refractivity contribution in [3.8, 4) is 11.1 Å². The molecule has 33 heavy (non-hydrogen) atoms. The van der Waals surface area contributed by atoms with Gasteiger partial charge in [0.1, 0.15) is 0 Å². The molecular formula is C31H20N2.